The molecule has 132 valence electrons. The SMILES string of the molecule is CC(C)c1nc([C@@H]2CCCN2C(=O)c2cccc3c2OCCO3)no1. The molecule has 4 rings (SSSR count). The first-order valence-corrected chi connectivity index (χ1v) is 8.68. The molecule has 1 amide bonds. The van der Waals surface area contributed by atoms with Crippen LogP contribution in [0, 0.1) is 0 Å². The summed E-state index contributed by atoms with van der Waals surface area (Å²) >= 11 is 0. The van der Waals surface area contributed by atoms with Crippen LogP contribution in [-0.2, 0) is 0 Å². The Bertz CT molecular complexity index is 786. The standard InChI is InChI=1S/C18H21N3O4/c1-11(2)17-19-16(20-25-17)13-6-4-8-21(13)18(22)12-5-3-7-14-15(12)24-10-9-23-14/h3,5,7,11,13H,4,6,8-10H2,1-2H3/t13-/m0/s1. The molecule has 25 heavy (non-hydrogen) atoms. The Morgan fingerprint density at radius 1 is 1.28 bits per heavy atom. The number of likely N-dealkylation sites (tertiary alicyclic amines) is 1. The molecule has 2 aliphatic heterocycles. The molecule has 3 heterocycles. The number of hydrogen-bond acceptors (Lipinski definition) is 6. The van der Waals surface area contributed by atoms with Crippen molar-refractivity contribution in [3.63, 3.8) is 0 Å². The van der Waals surface area contributed by atoms with E-state index in [1.165, 1.54) is 0 Å². The summed E-state index contributed by atoms with van der Waals surface area (Å²) in [5.74, 6) is 2.41. The lowest BCUT2D eigenvalue weighted by Gasteiger charge is -2.25. The first kappa shape index (κ1) is 15.9. The minimum atomic E-state index is -0.163. The maximum atomic E-state index is 13.1. The zero-order valence-electron chi connectivity index (χ0n) is 14.4. The van der Waals surface area contributed by atoms with E-state index in [0.29, 0.717) is 48.5 Å². The van der Waals surface area contributed by atoms with Gasteiger partial charge in [-0.3, -0.25) is 4.79 Å². The minimum Gasteiger partial charge on any atom is -0.486 e. The van der Waals surface area contributed by atoms with Crippen LogP contribution in [0.15, 0.2) is 22.7 Å². The van der Waals surface area contributed by atoms with Crippen molar-refractivity contribution in [1.29, 1.82) is 0 Å². The summed E-state index contributed by atoms with van der Waals surface area (Å²) in [6.45, 7) is 5.62. The fourth-order valence-electron chi connectivity index (χ4n) is 3.29. The van der Waals surface area contributed by atoms with Crippen LogP contribution in [0.5, 0.6) is 11.5 Å². The maximum Gasteiger partial charge on any atom is 0.258 e. The smallest absolute Gasteiger partial charge is 0.258 e. The van der Waals surface area contributed by atoms with Gasteiger partial charge in [0, 0.05) is 12.5 Å². The fraction of sp³-hybridized carbons (Fsp3) is 0.500. The predicted octanol–water partition coefficient (Wildman–Crippen LogP) is 2.94. The van der Waals surface area contributed by atoms with Crippen LogP contribution < -0.4 is 9.47 Å². The number of amides is 1. The summed E-state index contributed by atoms with van der Waals surface area (Å²) in [6.07, 6.45) is 1.74. The average molecular weight is 343 g/mol. The highest BCUT2D eigenvalue weighted by Gasteiger charge is 2.36. The number of rotatable bonds is 3. The van der Waals surface area contributed by atoms with Crippen molar-refractivity contribution in [2.75, 3.05) is 19.8 Å². The zero-order valence-corrected chi connectivity index (χ0v) is 14.4. The van der Waals surface area contributed by atoms with E-state index in [0.717, 1.165) is 12.8 Å². The Labute approximate surface area is 145 Å². The molecule has 0 spiro atoms. The molecule has 1 aromatic heterocycles. The van der Waals surface area contributed by atoms with Crippen LogP contribution in [0.3, 0.4) is 0 Å². The molecule has 7 nitrogen and oxygen atoms in total. The summed E-state index contributed by atoms with van der Waals surface area (Å²) in [6, 6.07) is 5.25. The first-order chi connectivity index (χ1) is 12.1. The summed E-state index contributed by atoms with van der Waals surface area (Å²) < 4.78 is 16.6. The highest BCUT2D eigenvalue weighted by Crippen LogP contribution is 2.38. The van der Waals surface area contributed by atoms with E-state index in [4.69, 9.17) is 14.0 Å². The molecule has 0 saturated carbocycles. The summed E-state index contributed by atoms with van der Waals surface area (Å²) in [5, 5.41) is 4.10. The summed E-state index contributed by atoms with van der Waals surface area (Å²) in [5.41, 5.74) is 0.525. The van der Waals surface area contributed by atoms with E-state index in [1.54, 1.807) is 6.07 Å². The molecular weight excluding hydrogens is 322 g/mol. The second-order valence-electron chi connectivity index (χ2n) is 6.63. The van der Waals surface area contributed by atoms with Gasteiger partial charge in [-0.25, -0.2) is 0 Å². The van der Waals surface area contributed by atoms with Gasteiger partial charge in [0.05, 0.1) is 11.6 Å². The third-order valence-corrected chi connectivity index (χ3v) is 4.56. The number of aromatic nitrogens is 2. The molecule has 2 aliphatic rings. The third-order valence-electron chi connectivity index (χ3n) is 4.56. The Kier molecular flexibility index (Phi) is 4.07. The predicted molar refractivity (Wildman–Crippen MR) is 88.8 cm³/mol. The average Bonchev–Trinajstić information content (AvgIpc) is 3.29. The molecule has 1 fully saturated rings. The molecule has 0 bridgehead atoms. The topological polar surface area (TPSA) is 77.7 Å². The molecule has 0 aliphatic carbocycles. The largest absolute Gasteiger partial charge is 0.486 e. The van der Waals surface area contributed by atoms with E-state index < -0.39 is 0 Å². The Morgan fingerprint density at radius 3 is 2.92 bits per heavy atom. The lowest BCUT2D eigenvalue weighted by atomic mass is 10.1. The minimum absolute atomic E-state index is 0.0826. The Balaban J connectivity index is 1.63. The van der Waals surface area contributed by atoms with Gasteiger partial charge >= 0.3 is 0 Å². The van der Waals surface area contributed by atoms with Crippen molar-refractivity contribution in [3.05, 3.63) is 35.5 Å². The van der Waals surface area contributed by atoms with E-state index in [2.05, 4.69) is 10.1 Å². The molecule has 0 N–H and O–H groups in total. The number of ether oxygens (including phenoxy) is 2. The van der Waals surface area contributed by atoms with Crippen LogP contribution >= 0.6 is 0 Å². The summed E-state index contributed by atoms with van der Waals surface area (Å²) in [4.78, 5) is 19.4. The van der Waals surface area contributed by atoms with Gasteiger partial charge in [-0.2, -0.15) is 4.98 Å². The van der Waals surface area contributed by atoms with Gasteiger partial charge in [-0.15, -0.1) is 0 Å². The van der Waals surface area contributed by atoms with Crippen LogP contribution in [0.1, 0.15) is 60.7 Å². The van der Waals surface area contributed by atoms with Gasteiger partial charge in [0.1, 0.15) is 13.2 Å². The molecule has 7 heteroatoms. The van der Waals surface area contributed by atoms with E-state index in [9.17, 15) is 4.79 Å². The van der Waals surface area contributed by atoms with Crippen LogP contribution in [-0.4, -0.2) is 40.7 Å². The molecule has 1 saturated heterocycles. The van der Waals surface area contributed by atoms with Gasteiger partial charge in [0.2, 0.25) is 5.89 Å². The number of para-hydroxylation sites is 1. The monoisotopic (exact) mass is 343 g/mol. The first-order valence-electron chi connectivity index (χ1n) is 8.68. The molecule has 2 aromatic rings. The lowest BCUT2D eigenvalue weighted by Crippen LogP contribution is -2.32. The van der Waals surface area contributed by atoms with Gasteiger partial charge < -0.3 is 18.9 Å². The normalized spacial score (nSPS) is 19.5. The fourth-order valence-corrected chi connectivity index (χ4v) is 3.29. The molecule has 1 aromatic carbocycles. The van der Waals surface area contributed by atoms with Gasteiger partial charge in [-0.05, 0) is 25.0 Å². The van der Waals surface area contributed by atoms with Crippen LogP contribution in [0.4, 0.5) is 0 Å². The van der Waals surface area contributed by atoms with Gasteiger partial charge in [0.25, 0.3) is 5.91 Å². The lowest BCUT2D eigenvalue weighted by molar-refractivity contribution is 0.0718. The van der Waals surface area contributed by atoms with Crippen molar-refractivity contribution >= 4 is 5.91 Å². The van der Waals surface area contributed by atoms with Crippen molar-refractivity contribution in [2.45, 2.75) is 38.6 Å². The summed E-state index contributed by atoms with van der Waals surface area (Å²) in [7, 11) is 0. The van der Waals surface area contributed by atoms with E-state index in [1.807, 2.05) is 30.9 Å². The second kappa shape index (κ2) is 6.38. The zero-order chi connectivity index (χ0) is 17.4. The third kappa shape index (κ3) is 2.83. The Hall–Kier alpha value is -2.57. The van der Waals surface area contributed by atoms with Crippen molar-refractivity contribution in [3.8, 4) is 11.5 Å². The number of hydrogen-bond donors (Lipinski definition) is 0. The van der Waals surface area contributed by atoms with Crippen molar-refractivity contribution in [1.82, 2.24) is 15.0 Å². The van der Waals surface area contributed by atoms with Crippen molar-refractivity contribution in [2.24, 2.45) is 0 Å². The van der Waals surface area contributed by atoms with E-state index in [-0.39, 0.29) is 17.9 Å². The molecule has 0 unspecified atom stereocenters. The number of nitrogens with zero attached hydrogens (tertiary/aromatic N) is 3. The highest BCUT2D eigenvalue weighted by atomic mass is 16.6. The number of benzene rings is 1. The maximum absolute atomic E-state index is 13.1. The number of carbonyl (C=O) groups excluding carboxylic acids is 1. The molecular formula is C18H21N3O4. The van der Waals surface area contributed by atoms with Crippen molar-refractivity contribution < 1.29 is 18.8 Å². The molecule has 1 atom stereocenters. The number of carbonyl (C=O) groups is 1. The highest BCUT2D eigenvalue weighted by molar-refractivity contribution is 5.98. The second-order valence-corrected chi connectivity index (χ2v) is 6.63. The van der Waals surface area contributed by atoms with Crippen LogP contribution in [0.25, 0.3) is 0 Å². The molecule has 0 radical (unpaired) electrons. The van der Waals surface area contributed by atoms with Crippen LogP contribution in [0.2, 0.25) is 0 Å². The Morgan fingerprint density at radius 2 is 2.12 bits per heavy atom. The quantitative estimate of drug-likeness (QED) is 0.853. The number of fused-ring (bicyclic) bond motifs is 1. The van der Waals surface area contributed by atoms with Gasteiger partial charge in [-0.1, -0.05) is 25.1 Å². The van der Waals surface area contributed by atoms with Gasteiger partial charge in [0.15, 0.2) is 17.3 Å². The van der Waals surface area contributed by atoms with E-state index >= 15 is 0 Å².